The number of nitrogens with zero attached hydrogens (tertiary/aromatic N) is 6. The first-order valence-corrected chi connectivity index (χ1v) is 10.1. The Balaban J connectivity index is 1.49. The predicted octanol–water partition coefficient (Wildman–Crippen LogP) is 0.0566. The molecule has 0 unspecified atom stereocenters. The number of carbonyl (C=O) groups is 1. The number of hydrogen-bond donors (Lipinski definition) is 0. The van der Waals surface area contributed by atoms with Gasteiger partial charge in [-0.3, -0.25) is 9.10 Å². The zero-order valence-electron chi connectivity index (χ0n) is 14.2. The Bertz CT molecular complexity index is 898. The van der Waals surface area contributed by atoms with Crippen molar-refractivity contribution in [2.45, 2.75) is 31.1 Å². The fraction of sp³-hybridized carbons (Fsp3) is 0.500. The van der Waals surface area contributed by atoms with Crippen LogP contribution in [0.4, 0.5) is 5.69 Å². The Morgan fingerprint density at radius 3 is 2.88 bits per heavy atom. The molecule has 1 amide bonds. The Hall–Kier alpha value is -2.49. The highest BCUT2D eigenvalue weighted by Gasteiger charge is 2.39. The van der Waals surface area contributed by atoms with E-state index in [-0.39, 0.29) is 19.0 Å². The average molecular weight is 376 g/mol. The molecule has 0 spiro atoms. The van der Waals surface area contributed by atoms with Crippen LogP contribution in [-0.4, -0.2) is 64.3 Å². The van der Waals surface area contributed by atoms with E-state index in [1.807, 2.05) is 24.3 Å². The minimum atomic E-state index is -3.51. The number of fused-ring (bicyclic) bond motifs is 1. The lowest BCUT2D eigenvalue weighted by atomic mass is 10.1. The van der Waals surface area contributed by atoms with Gasteiger partial charge in [0.05, 0.1) is 10.9 Å². The molecule has 2 aliphatic rings. The predicted molar refractivity (Wildman–Crippen MR) is 93.8 cm³/mol. The molecule has 0 saturated carbocycles. The van der Waals surface area contributed by atoms with Gasteiger partial charge in [0.25, 0.3) is 0 Å². The summed E-state index contributed by atoms with van der Waals surface area (Å²) in [6, 6.07) is 7.60. The molecule has 9 nitrogen and oxygen atoms in total. The highest BCUT2D eigenvalue weighted by Crippen LogP contribution is 2.33. The van der Waals surface area contributed by atoms with Gasteiger partial charge in [0.15, 0.2) is 0 Å². The van der Waals surface area contributed by atoms with Crippen molar-refractivity contribution in [3.8, 4) is 0 Å². The number of amides is 1. The molecule has 1 aromatic carbocycles. The lowest BCUT2D eigenvalue weighted by Gasteiger charge is -2.35. The van der Waals surface area contributed by atoms with Gasteiger partial charge in [-0.15, -0.1) is 5.10 Å². The number of tetrazole rings is 1. The van der Waals surface area contributed by atoms with E-state index in [0.717, 1.165) is 17.7 Å². The number of likely N-dealkylation sites (tertiary alicyclic amines) is 1. The number of para-hydroxylation sites is 1. The van der Waals surface area contributed by atoms with Gasteiger partial charge in [-0.05, 0) is 41.3 Å². The van der Waals surface area contributed by atoms with Crippen molar-refractivity contribution in [2.75, 3.05) is 23.9 Å². The number of benzene rings is 1. The van der Waals surface area contributed by atoms with E-state index in [4.69, 9.17) is 0 Å². The molecular formula is C16H20N6O3S. The zero-order valence-corrected chi connectivity index (χ0v) is 15.0. The minimum absolute atomic E-state index is 0.0202. The van der Waals surface area contributed by atoms with Crippen molar-refractivity contribution >= 4 is 21.6 Å². The van der Waals surface area contributed by atoms with Crippen LogP contribution in [0.5, 0.6) is 0 Å². The van der Waals surface area contributed by atoms with Crippen molar-refractivity contribution in [2.24, 2.45) is 0 Å². The summed E-state index contributed by atoms with van der Waals surface area (Å²) in [6.07, 6.45) is 3.33. The highest BCUT2D eigenvalue weighted by atomic mass is 32.2. The first-order valence-electron chi connectivity index (χ1n) is 8.64. The molecule has 0 N–H and O–H groups in total. The second-order valence-corrected chi connectivity index (χ2v) is 8.74. The first-order chi connectivity index (χ1) is 12.6. The molecule has 2 aromatic rings. The van der Waals surface area contributed by atoms with Crippen LogP contribution in [0.2, 0.25) is 0 Å². The summed E-state index contributed by atoms with van der Waals surface area (Å²) >= 11 is 0. The van der Waals surface area contributed by atoms with Crippen LogP contribution >= 0.6 is 0 Å². The second kappa shape index (κ2) is 6.67. The summed E-state index contributed by atoms with van der Waals surface area (Å²) in [5.74, 6) is -0.168. The standard InChI is InChI=1S/C16H20N6O3S/c23-16(11-21-12-17-18-19-21)20-8-3-5-14(10-20)26(24,25)22-9-7-13-4-1-2-6-15(13)22/h1-2,4,6,12,14H,3,5,7-11H2/t14-/m0/s1. The number of rotatable bonds is 4. The number of hydrogen-bond acceptors (Lipinski definition) is 6. The average Bonchev–Trinajstić information content (AvgIpc) is 3.31. The smallest absolute Gasteiger partial charge is 0.244 e. The molecule has 2 aliphatic heterocycles. The second-order valence-electron chi connectivity index (χ2n) is 6.61. The maximum atomic E-state index is 13.2. The summed E-state index contributed by atoms with van der Waals surface area (Å²) < 4.78 is 29.2. The number of piperidine rings is 1. The fourth-order valence-corrected chi connectivity index (χ4v) is 5.64. The summed E-state index contributed by atoms with van der Waals surface area (Å²) in [5, 5.41) is 10.1. The molecule has 1 aromatic heterocycles. The van der Waals surface area contributed by atoms with E-state index in [1.54, 1.807) is 4.90 Å². The lowest BCUT2D eigenvalue weighted by Crippen LogP contribution is -2.50. The Labute approximate surface area is 151 Å². The number of sulfonamides is 1. The van der Waals surface area contributed by atoms with Crippen molar-refractivity contribution in [3.05, 3.63) is 36.2 Å². The fourth-order valence-electron chi connectivity index (χ4n) is 3.65. The van der Waals surface area contributed by atoms with Gasteiger partial charge in [-0.2, -0.15) is 0 Å². The number of carbonyl (C=O) groups excluding carboxylic acids is 1. The molecule has 26 heavy (non-hydrogen) atoms. The molecule has 138 valence electrons. The molecule has 0 radical (unpaired) electrons. The van der Waals surface area contributed by atoms with Crippen molar-refractivity contribution < 1.29 is 13.2 Å². The van der Waals surface area contributed by atoms with E-state index < -0.39 is 15.3 Å². The van der Waals surface area contributed by atoms with Crippen LogP contribution in [0.1, 0.15) is 18.4 Å². The van der Waals surface area contributed by atoms with Gasteiger partial charge >= 0.3 is 0 Å². The molecule has 1 atom stereocenters. The SMILES string of the molecule is O=C(Cn1cnnn1)N1CCC[C@H](S(=O)(=O)N2CCc3ccccc32)C1. The van der Waals surface area contributed by atoms with Gasteiger partial charge < -0.3 is 4.90 Å². The largest absolute Gasteiger partial charge is 0.340 e. The summed E-state index contributed by atoms with van der Waals surface area (Å²) in [5.41, 5.74) is 1.82. The zero-order chi connectivity index (χ0) is 18.1. The van der Waals surface area contributed by atoms with Crippen molar-refractivity contribution in [3.63, 3.8) is 0 Å². The quantitative estimate of drug-likeness (QED) is 0.748. The van der Waals surface area contributed by atoms with Crippen LogP contribution in [0.15, 0.2) is 30.6 Å². The van der Waals surface area contributed by atoms with Crippen LogP contribution in [0.25, 0.3) is 0 Å². The Morgan fingerprint density at radius 1 is 1.23 bits per heavy atom. The van der Waals surface area contributed by atoms with Gasteiger partial charge in [-0.25, -0.2) is 13.1 Å². The molecule has 1 fully saturated rings. The Morgan fingerprint density at radius 2 is 2.08 bits per heavy atom. The lowest BCUT2D eigenvalue weighted by molar-refractivity contribution is -0.132. The summed E-state index contributed by atoms with van der Waals surface area (Å²) in [7, 11) is -3.51. The van der Waals surface area contributed by atoms with E-state index >= 15 is 0 Å². The molecule has 10 heteroatoms. The third-order valence-electron chi connectivity index (χ3n) is 4.99. The molecule has 0 bridgehead atoms. The van der Waals surface area contributed by atoms with E-state index in [9.17, 15) is 13.2 Å². The van der Waals surface area contributed by atoms with Gasteiger partial charge in [0.1, 0.15) is 12.9 Å². The molecule has 1 saturated heterocycles. The molecule has 3 heterocycles. The van der Waals surface area contributed by atoms with Crippen LogP contribution in [0.3, 0.4) is 0 Å². The molecule has 0 aliphatic carbocycles. The molecule has 4 rings (SSSR count). The van der Waals surface area contributed by atoms with Crippen molar-refractivity contribution in [1.29, 1.82) is 0 Å². The van der Waals surface area contributed by atoms with Crippen molar-refractivity contribution in [1.82, 2.24) is 25.1 Å². The highest BCUT2D eigenvalue weighted by molar-refractivity contribution is 7.93. The van der Waals surface area contributed by atoms with E-state index in [1.165, 1.54) is 15.3 Å². The van der Waals surface area contributed by atoms with E-state index in [2.05, 4.69) is 15.5 Å². The third kappa shape index (κ3) is 3.05. The van der Waals surface area contributed by atoms with Crippen LogP contribution in [-0.2, 0) is 27.8 Å². The first kappa shape index (κ1) is 17.0. The summed E-state index contributed by atoms with van der Waals surface area (Å²) in [6.45, 7) is 1.26. The Kier molecular flexibility index (Phi) is 4.35. The van der Waals surface area contributed by atoms with E-state index in [0.29, 0.717) is 25.9 Å². The monoisotopic (exact) mass is 376 g/mol. The minimum Gasteiger partial charge on any atom is -0.340 e. The van der Waals surface area contributed by atoms with Gasteiger partial charge in [0.2, 0.25) is 15.9 Å². The van der Waals surface area contributed by atoms with Gasteiger partial charge in [-0.1, -0.05) is 18.2 Å². The topological polar surface area (TPSA) is 101 Å². The maximum absolute atomic E-state index is 13.2. The van der Waals surface area contributed by atoms with Gasteiger partial charge in [0, 0.05) is 19.6 Å². The number of anilines is 1. The normalized spacial score (nSPS) is 20.2. The summed E-state index contributed by atoms with van der Waals surface area (Å²) in [4.78, 5) is 14.1. The van der Waals surface area contributed by atoms with Crippen LogP contribution in [0, 0.1) is 0 Å². The molecular weight excluding hydrogens is 356 g/mol. The van der Waals surface area contributed by atoms with Crippen LogP contribution < -0.4 is 4.31 Å². The maximum Gasteiger partial charge on any atom is 0.244 e. The number of aromatic nitrogens is 4. The third-order valence-corrected chi connectivity index (χ3v) is 7.21.